The first-order valence-electron chi connectivity index (χ1n) is 7.80. The van der Waals surface area contributed by atoms with Gasteiger partial charge in [-0.25, -0.2) is 0 Å². The Hall–Kier alpha value is -2.27. The average molecular weight is 343 g/mol. The number of amides is 1. The fourth-order valence-electron chi connectivity index (χ4n) is 2.22. The summed E-state index contributed by atoms with van der Waals surface area (Å²) in [6.45, 7) is 0.441. The van der Waals surface area contributed by atoms with Gasteiger partial charge in [-0.15, -0.1) is 11.8 Å². The van der Waals surface area contributed by atoms with Gasteiger partial charge in [-0.1, -0.05) is 30.3 Å². The minimum Gasteiger partial charge on any atom is -0.481 e. The third-order valence-corrected chi connectivity index (χ3v) is 4.66. The zero-order valence-corrected chi connectivity index (χ0v) is 14.5. The van der Waals surface area contributed by atoms with Gasteiger partial charge in [-0.05, 0) is 36.2 Å². The summed E-state index contributed by atoms with van der Waals surface area (Å²) < 4.78 is 0. The molecule has 126 valence electrons. The molecule has 5 heteroatoms. The first kappa shape index (κ1) is 18.1. The van der Waals surface area contributed by atoms with Crippen LogP contribution in [0.1, 0.15) is 28.8 Å². The van der Waals surface area contributed by atoms with Gasteiger partial charge in [0.05, 0.1) is 0 Å². The van der Waals surface area contributed by atoms with Crippen LogP contribution in [0.2, 0.25) is 0 Å². The molecule has 0 fully saturated rings. The van der Waals surface area contributed by atoms with E-state index in [1.165, 1.54) is 4.90 Å². The second-order valence-electron chi connectivity index (χ2n) is 5.52. The largest absolute Gasteiger partial charge is 0.481 e. The second-order valence-corrected chi connectivity index (χ2v) is 6.57. The van der Waals surface area contributed by atoms with Crippen molar-refractivity contribution >= 4 is 23.6 Å². The van der Waals surface area contributed by atoms with Crippen molar-refractivity contribution in [1.82, 2.24) is 4.90 Å². The average Bonchev–Trinajstić information content (AvgIpc) is 2.60. The summed E-state index contributed by atoms with van der Waals surface area (Å²) in [6.07, 6.45) is 0.538. The lowest BCUT2D eigenvalue weighted by molar-refractivity contribution is -0.137. The van der Waals surface area contributed by atoms with E-state index in [1.54, 1.807) is 23.7 Å². The summed E-state index contributed by atoms with van der Waals surface area (Å²) in [5, 5.41) is 8.64. The minimum absolute atomic E-state index is 0.0767. The molecule has 0 aromatic heterocycles. The van der Waals surface area contributed by atoms with Crippen LogP contribution in [0, 0.1) is 0 Å². The van der Waals surface area contributed by atoms with E-state index in [9.17, 15) is 9.59 Å². The van der Waals surface area contributed by atoms with Crippen LogP contribution < -0.4 is 0 Å². The topological polar surface area (TPSA) is 57.6 Å². The van der Waals surface area contributed by atoms with Crippen LogP contribution in [0.4, 0.5) is 0 Å². The van der Waals surface area contributed by atoms with Crippen LogP contribution in [0.5, 0.6) is 0 Å². The predicted molar refractivity (Wildman–Crippen MR) is 96.3 cm³/mol. The summed E-state index contributed by atoms with van der Waals surface area (Å²) in [4.78, 5) is 25.6. The number of carboxylic acid groups (broad SMARTS) is 1. The molecule has 0 bridgehead atoms. The van der Waals surface area contributed by atoms with Gasteiger partial charge >= 0.3 is 5.97 Å². The summed E-state index contributed by atoms with van der Waals surface area (Å²) >= 11 is 1.76. The van der Waals surface area contributed by atoms with Gasteiger partial charge in [0, 0.05) is 36.2 Å². The number of carbonyl (C=O) groups is 2. The van der Waals surface area contributed by atoms with E-state index in [4.69, 9.17) is 5.11 Å². The molecule has 2 aromatic carbocycles. The molecule has 0 aliphatic rings. The maximum Gasteiger partial charge on any atom is 0.303 e. The molecule has 0 spiro atoms. The van der Waals surface area contributed by atoms with Crippen LogP contribution in [-0.4, -0.2) is 35.5 Å². The number of nitrogens with zero attached hydrogens (tertiary/aromatic N) is 1. The van der Waals surface area contributed by atoms with E-state index in [-0.39, 0.29) is 12.3 Å². The van der Waals surface area contributed by atoms with Crippen LogP contribution in [0.25, 0.3) is 0 Å². The van der Waals surface area contributed by atoms with E-state index in [0.717, 1.165) is 11.3 Å². The summed E-state index contributed by atoms with van der Waals surface area (Å²) in [6, 6.07) is 17.8. The van der Waals surface area contributed by atoms with E-state index < -0.39 is 5.97 Å². The second kappa shape index (κ2) is 9.13. The fraction of sp³-hybridized carbons (Fsp3) is 0.263. The molecule has 0 aliphatic heterocycles. The lowest BCUT2D eigenvalue weighted by atomic mass is 10.1. The van der Waals surface area contributed by atoms with Gasteiger partial charge < -0.3 is 10.0 Å². The highest BCUT2D eigenvalue weighted by Gasteiger charge is 2.11. The van der Waals surface area contributed by atoms with Gasteiger partial charge in [0.15, 0.2) is 0 Å². The molecule has 1 amide bonds. The highest BCUT2D eigenvalue weighted by molar-refractivity contribution is 7.98. The number of hydrogen-bond acceptors (Lipinski definition) is 3. The number of benzene rings is 2. The van der Waals surface area contributed by atoms with Crippen molar-refractivity contribution in [3.05, 3.63) is 65.7 Å². The van der Waals surface area contributed by atoms with E-state index in [1.807, 2.05) is 42.5 Å². The van der Waals surface area contributed by atoms with E-state index >= 15 is 0 Å². The molecule has 4 nitrogen and oxygen atoms in total. The molecule has 0 saturated carbocycles. The van der Waals surface area contributed by atoms with E-state index in [2.05, 4.69) is 12.1 Å². The van der Waals surface area contributed by atoms with Gasteiger partial charge in [-0.3, -0.25) is 9.59 Å². The number of carboxylic acids is 1. The van der Waals surface area contributed by atoms with Crippen LogP contribution in [0.3, 0.4) is 0 Å². The van der Waals surface area contributed by atoms with Crippen molar-refractivity contribution in [1.29, 1.82) is 0 Å². The van der Waals surface area contributed by atoms with Crippen molar-refractivity contribution in [2.75, 3.05) is 13.6 Å². The maximum atomic E-state index is 12.3. The van der Waals surface area contributed by atoms with Crippen molar-refractivity contribution in [2.24, 2.45) is 0 Å². The molecule has 0 unspecified atom stereocenters. The van der Waals surface area contributed by atoms with E-state index in [0.29, 0.717) is 18.5 Å². The van der Waals surface area contributed by atoms with Crippen molar-refractivity contribution in [2.45, 2.75) is 23.5 Å². The van der Waals surface area contributed by atoms with Crippen LogP contribution >= 0.6 is 11.8 Å². The third kappa shape index (κ3) is 5.74. The molecule has 2 rings (SSSR count). The molecule has 24 heavy (non-hydrogen) atoms. The zero-order chi connectivity index (χ0) is 17.4. The molecular formula is C19H21NO3S. The zero-order valence-electron chi connectivity index (χ0n) is 13.6. The summed E-state index contributed by atoms with van der Waals surface area (Å²) in [5.74, 6) is -0.0637. The molecule has 0 heterocycles. The molecule has 2 aromatic rings. The monoisotopic (exact) mass is 343 g/mol. The number of carbonyl (C=O) groups excluding carboxylic acids is 1. The van der Waals surface area contributed by atoms with Crippen LogP contribution in [-0.2, 0) is 10.5 Å². The number of aliphatic carboxylic acids is 1. The van der Waals surface area contributed by atoms with Crippen LogP contribution in [0.15, 0.2) is 59.5 Å². The Morgan fingerprint density at radius 2 is 1.71 bits per heavy atom. The minimum atomic E-state index is -0.837. The Morgan fingerprint density at radius 3 is 2.33 bits per heavy atom. The predicted octanol–water partition coefficient (Wildman–Crippen LogP) is 3.92. The normalized spacial score (nSPS) is 10.4. The summed E-state index contributed by atoms with van der Waals surface area (Å²) in [5.41, 5.74) is 1.79. The first-order valence-corrected chi connectivity index (χ1v) is 8.79. The Labute approximate surface area is 146 Å². The Bertz CT molecular complexity index is 671. The smallest absolute Gasteiger partial charge is 0.303 e. The molecular weight excluding hydrogens is 322 g/mol. The maximum absolute atomic E-state index is 12.3. The highest BCUT2D eigenvalue weighted by Crippen LogP contribution is 2.22. The fourth-order valence-corrected chi connectivity index (χ4v) is 3.09. The SMILES string of the molecule is CN(CCCC(=O)O)C(=O)c1ccc(CSc2ccccc2)cc1. The molecule has 0 saturated heterocycles. The Morgan fingerprint density at radius 1 is 1.04 bits per heavy atom. The van der Waals surface area contributed by atoms with Gasteiger partial charge in [0.1, 0.15) is 0 Å². The number of thioether (sulfide) groups is 1. The molecule has 0 atom stereocenters. The molecule has 1 N–H and O–H groups in total. The number of hydrogen-bond donors (Lipinski definition) is 1. The Balaban J connectivity index is 1.86. The van der Waals surface area contributed by atoms with Gasteiger partial charge in [-0.2, -0.15) is 0 Å². The standard InChI is InChI=1S/C19H21NO3S/c1-20(13-5-8-18(21)22)19(23)16-11-9-15(10-12-16)14-24-17-6-3-2-4-7-17/h2-4,6-7,9-12H,5,8,13-14H2,1H3,(H,21,22). The lowest BCUT2D eigenvalue weighted by Gasteiger charge is -2.16. The van der Waals surface area contributed by atoms with Gasteiger partial charge in [0.25, 0.3) is 5.91 Å². The molecule has 0 radical (unpaired) electrons. The van der Waals surface area contributed by atoms with Gasteiger partial charge in [0.2, 0.25) is 0 Å². The van der Waals surface area contributed by atoms with Crippen molar-refractivity contribution < 1.29 is 14.7 Å². The third-order valence-electron chi connectivity index (χ3n) is 3.58. The quantitative estimate of drug-likeness (QED) is 0.738. The lowest BCUT2D eigenvalue weighted by Crippen LogP contribution is -2.28. The summed E-state index contributed by atoms with van der Waals surface area (Å²) in [7, 11) is 1.70. The first-order chi connectivity index (χ1) is 11.6. The van der Waals surface area contributed by atoms with Crippen molar-refractivity contribution in [3.8, 4) is 0 Å². The highest BCUT2D eigenvalue weighted by atomic mass is 32.2. The molecule has 0 aliphatic carbocycles. The number of rotatable bonds is 8. The van der Waals surface area contributed by atoms with Crippen molar-refractivity contribution in [3.63, 3.8) is 0 Å². The Kier molecular flexibility index (Phi) is 6.88.